The predicted octanol–water partition coefficient (Wildman–Crippen LogP) is 4.62. The number of hydrogen-bond acceptors (Lipinski definition) is 6. The van der Waals surface area contributed by atoms with Crippen molar-refractivity contribution < 1.29 is 13.6 Å². The Morgan fingerprint density at radius 1 is 1.12 bits per heavy atom. The normalized spacial score (nSPS) is 12.3. The van der Waals surface area contributed by atoms with Crippen molar-refractivity contribution in [2.45, 2.75) is 38.2 Å². The van der Waals surface area contributed by atoms with E-state index in [1.165, 1.54) is 17.3 Å². The fraction of sp³-hybridized carbons (Fsp3) is 0.278. The zero-order valence-electron chi connectivity index (χ0n) is 14.0. The van der Waals surface area contributed by atoms with Gasteiger partial charge in [-0.3, -0.25) is 4.79 Å². The summed E-state index contributed by atoms with van der Waals surface area (Å²) in [6, 6.07) is 7.49. The van der Waals surface area contributed by atoms with Crippen molar-refractivity contribution in [2.24, 2.45) is 0 Å². The van der Waals surface area contributed by atoms with Gasteiger partial charge in [-0.05, 0) is 62.6 Å². The maximum atomic E-state index is 12.7. The lowest BCUT2D eigenvalue weighted by atomic mass is 9.97. The Labute approximate surface area is 144 Å². The van der Waals surface area contributed by atoms with Gasteiger partial charge < -0.3 is 8.83 Å². The molecule has 0 saturated heterocycles. The summed E-state index contributed by atoms with van der Waals surface area (Å²) in [5.41, 5.74) is 4.02. The number of Topliss-reactive ketones (excluding diaryl/α,β-unsaturated/α-hetero) is 1. The average molecular weight is 342 g/mol. The van der Waals surface area contributed by atoms with Gasteiger partial charge in [0.15, 0.2) is 11.5 Å². The van der Waals surface area contributed by atoms with E-state index in [9.17, 15) is 4.79 Å². The smallest absolute Gasteiger partial charge is 0.284 e. The molecule has 0 aliphatic heterocycles. The van der Waals surface area contributed by atoms with Gasteiger partial charge in [0.2, 0.25) is 0 Å². The van der Waals surface area contributed by atoms with Crippen molar-refractivity contribution in [1.82, 2.24) is 10.2 Å². The van der Waals surface area contributed by atoms with E-state index >= 15 is 0 Å². The summed E-state index contributed by atoms with van der Waals surface area (Å²) < 4.78 is 10.8. The minimum atomic E-state index is -0.323. The van der Waals surface area contributed by atoms with Crippen molar-refractivity contribution in [3.63, 3.8) is 0 Å². The molecule has 1 atom stereocenters. The fourth-order valence-electron chi connectivity index (χ4n) is 2.41. The van der Waals surface area contributed by atoms with Gasteiger partial charge in [-0.2, -0.15) is 0 Å². The first-order valence-corrected chi connectivity index (χ1v) is 8.49. The van der Waals surface area contributed by atoms with Crippen LogP contribution in [0.25, 0.3) is 11.7 Å². The number of rotatable bonds is 5. The Hall–Kier alpha value is -2.34. The van der Waals surface area contributed by atoms with Gasteiger partial charge in [0.25, 0.3) is 11.1 Å². The number of benzene rings is 1. The minimum absolute atomic E-state index is 0.0540. The monoisotopic (exact) mass is 342 g/mol. The Morgan fingerprint density at radius 2 is 1.88 bits per heavy atom. The lowest BCUT2D eigenvalue weighted by Crippen LogP contribution is -2.15. The number of aromatic nitrogens is 2. The molecule has 5 nitrogen and oxygen atoms in total. The number of hydrogen-bond donors (Lipinski definition) is 0. The van der Waals surface area contributed by atoms with Gasteiger partial charge in [-0.25, -0.2) is 0 Å². The van der Waals surface area contributed by atoms with E-state index in [1.54, 1.807) is 18.4 Å². The van der Waals surface area contributed by atoms with Crippen LogP contribution < -0.4 is 0 Å². The lowest BCUT2D eigenvalue weighted by molar-refractivity contribution is 0.0993. The molecular weight excluding hydrogens is 324 g/mol. The summed E-state index contributed by atoms with van der Waals surface area (Å²) in [6.45, 7) is 7.86. The van der Waals surface area contributed by atoms with Crippen molar-refractivity contribution in [1.29, 1.82) is 0 Å². The summed E-state index contributed by atoms with van der Waals surface area (Å²) in [7, 11) is 0. The molecule has 0 spiro atoms. The highest BCUT2D eigenvalue weighted by Gasteiger charge is 2.22. The largest absolute Gasteiger partial charge is 0.459 e. The molecule has 0 radical (unpaired) electrons. The molecule has 3 aromatic rings. The van der Waals surface area contributed by atoms with Crippen LogP contribution in [-0.2, 0) is 0 Å². The molecule has 0 aliphatic carbocycles. The topological polar surface area (TPSA) is 69.1 Å². The highest BCUT2D eigenvalue weighted by atomic mass is 32.2. The molecule has 3 rings (SSSR count). The summed E-state index contributed by atoms with van der Waals surface area (Å²) in [4.78, 5) is 12.7. The van der Waals surface area contributed by atoms with Crippen molar-refractivity contribution >= 4 is 17.5 Å². The van der Waals surface area contributed by atoms with Gasteiger partial charge in [0, 0.05) is 5.56 Å². The second-order valence-electron chi connectivity index (χ2n) is 5.73. The van der Waals surface area contributed by atoms with Crippen LogP contribution in [0.2, 0.25) is 0 Å². The molecule has 1 aromatic carbocycles. The summed E-state index contributed by atoms with van der Waals surface area (Å²) in [6.07, 6.45) is 1.54. The molecule has 0 amide bonds. The molecule has 0 N–H and O–H groups in total. The van der Waals surface area contributed by atoms with Crippen LogP contribution in [-0.4, -0.2) is 21.2 Å². The van der Waals surface area contributed by atoms with Crippen LogP contribution in [0.1, 0.15) is 34.0 Å². The Kier molecular flexibility index (Phi) is 4.57. The molecule has 24 heavy (non-hydrogen) atoms. The quantitative estimate of drug-likeness (QED) is 0.498. The SMILES string of the molecule is Cc1cc(C)c(C(=O)[C@@H](C)Sc2nnc(-c3ccco3)o2)cc1C. The van der Waals surface area contributed by atoms with Crippen molar-refractivity contribution in [3.8, 4) is 11.7 Å². The van der Waals surface area contributed by atoms with Gasteiger partial charge in [0.1, 0.15) is 0 Å². The van der Waals surface area contributed by atoms with E-state index in [0.29, 0.717) is 16.9 Å². The molecule has 0 unspecified atom stereocenters. The van der Waals surface area contributed by atoms with Crippen molar-refractivity contribution in [3.05, 3.63) is 52.8 Å². The zero-order chi connectivity index (χ0) is 17.3. The van der Waals surface area contributed by atoms with Crippen LogP contribution in [0.4, 0.5) is 0 Å². The first-order valence-electron chi connectivity index (χ1n) is 7.62. The highest BCUT2D eigenvalue weighted by molar-refractivity contribution is 8.00. The minimum Gasteiger partial charge on any atom is -0.459 e. The van der Waals surface area contributed by atoms with Crippen LogP contribution >= 0.6 is 11.8 Å². The standard InChI is InChI=1S/C18H18N2O3S/c1-10-8-12(3)14(9-11(10)2)16(21)13(4)24-18-20-19-17(23-18)15-6-5-7-22-15/h5-9,13H,1-4H3/t13-/m1/s1. The Bertz CT molecular complexity index is 869. The molecule has 6 heteroatoms. The maximum Gasteiger partial charge on any atom is 0.284 e. The molecule has 2 aromatic heterocycles. The Morgan fingerprint density at radius 3 is 2.58 bits per heavy atom. The third-order valence-corrected chi connectivity index (χ3v) is 4.83. The molecule has 0 saturated carbocycles. The van der Waals surface area contributed by atoms with E-state index in [4.69, 9.17) is 8.83 Å². The second kappa shape index (κ2) is 6.65. The van der Waals surface area contributed by atoms with Gasteiger partial charge >= 0.3 is 0 Å². The van der Waals surface area contributed by atoms with E-state index in [-0.39, 0.29) is 11.0 Å². The summed E-state index contributed by atoms with van der Waals surface area (Å²) in [5.74, 6) is 0.876. The Balaban J connectivity index is 1.76. The van der Waals surface area contributed by atoms with Crippen LogP contribution in [0, 0.1) is 20.8 Å². The van der Waals surface area contributed by atoms with E-state index in [0.717, 1.165) is 16.7 Å². The number of carbonyl (C=O) groups excluding carboxylic acids is 1. The molecule has 124 valence electrons. The number of furan rings is 1. The van der Waals surface area contributed by atoms with E-state index < -0.39 is 0 Å². The number of carbonyl (C=O) groups is 1. The average Bonchev–Trinajstić information content (AvgIpc) is 3.21. The highest BCUT2D eigenvalue weighted by Crippen LogP contribution is 2.29. The number of nitrogens with zero attached hydrogens (tertiary/aromatic N) is 2. The second-order valence-corrected chi connectivity index (χ2v) is 7.02. The first-order chi connectivity index (χ1) is 11.5. The van der Waals surface area contributed by atoms with Gasteiger partial charge in [0.05, 0.1) is 11.5 Å². The van der Waals surface area contributed by atoms with Gasteiger partial charge in [-0.15, -0.1) is 10.2 Å². The van der Waals surface area contributed by atoms with Gasteiger partial charge in [-0.1, -0.05) is 17.8 Å². The van der Waals surface area contributed by atoms with E-state index in [1.807, 2.05) is 39.8 Å². The molecule has 0 bridgehead atoms. The molecule has 0 fully saturated rings. The van der Waals surface area contributed by atoms with Crippen molar-refractivity contribution in [2.75, 3.05) is 0 Å². The molecular formula is C18H18N2O3S. The summed E-state index contributed by atoms with van der Waals surface area (Å²) >= 11 is 1.25. The molecule has 0 aliphatic rings. The number of aryl methyl sites for hydroxylation is 3. The fourth-order valence-corrected chi connectivity index (χ4v) is 3.16. The first kappa shape index (κ1) is 16.5. The number of thioether (sulfide) groups is 1. The summed E-state index contributed by atoms with van der Waals surface area (Å²) in [5, 5.41) is 7.95. The lowest BCUT2D eigenvalue weighted by Gasteiger charge is -2.12. The number of ketones is 1. The van der Waals surface area contributed by atoms with Crippen LogP contribution in [0.15, 0.2) is 44.6 Å². The third-order valence-electron chi connectivity index (χ3n) is 3.89. The van der Waals surface area contributed by atoms with Crippen LogP contribution in [0.3, 0.4) is 0 Å². The zero-order valence-corrected chi connectivity index (χ0v) is 14.8. The molecule has 2 heterocycles. The van der Waals surface area contributed by atoms with E-state index in [2.05, 4.69) is 10.2 Å². The predicted molar refractivity (Wildman–Crippen MR) is 92.3 cm³/mol. The third kappa shape index (κ3) is 3.28. The van der Waals surface area contributed by atoms with Crippen LogP contribution in [0.5, 0.6) is 0 Å². The maximum absolute atomic E-state index is 12.7.